The van der Waals surface area contributed by atoms with Gasteiger partial charge >= 0.3 is 5.97 Å². The minimum absolute atomic E-state index is 0.181. The molecule has 2 N–H and O–H groups in total. The van der Waals surface area contributed by atoms with Gasteiger partial charge in [0, 0.05) is 5.69 Å². The van der Waals surface area contributed by atoms with Gasteiger partial charge in [0.15, 0.2) is 0 Å². The summed E-state index contributed by atoms with van der Waals surface area (Å²) in [4.78, 5) is 24.9. The molecule has 0 bridgehead atoms. The number of carbonyl (C=O) groups is 1. The van der Waals surface area contributed by atoms with Crippen LogP contribution in [-0.4, -0.2) is 16.1 Å². The first-order valence-corrected chi connectivity index (χ1v) is 7.06. The number of H-pyrrole nitrogens is 1. The highest BCUT2D eigenvalue weighted by atomic mass is 16.4. The Bertz CT molecular complexity index is 459. The van der Waals surface area contributed by atoms with Gasteiger partial charge in [0.05, 0.1) is 0 Å². The predicted octanol–water partition coefficient (Wildman–Crippen LogP) is 3.54. The number of aromatic nitrogens is 1. The van der Waals surface area contributed by atoms with E-state index >= 15 is 0 Å². The second-order valence-electron chi connectivity index (χ2n) is 5.00. The Labute approximate surface area is 113 Å². The SMILES string of the molecule is CCC.O=C(O)c1ccc(C2CCCCC2)[nH]c1=O. The lowest BCUT2D eigenvalue weighted by molar-refractivity contribution is 0.0695. The Kier molecular flexibility index (Phi) is 6.33. The highest BCUT2D eigenvalue weighted by molar-refractivity contribution is 5.86. The maximum atomic E-state index is 11.5. The van der Waals surface area contributed by atoms with E-state index in [0.717, 1.165) is 18.5 Å². The first-order valence-electron chi connectivity index (χ1n) is 7.06. The van der Waals surface area contributed by atoms with Crippen LogP contribution in [0.4, 0.5) is 0 Å². The lowest BCUT2D eigenvalue weighted by Crippen LogP contribution is -2.20. The van der Waals surface area contributed by atoms with Crippen molar-refractivity contribution in [2.45, 2.75) is 58.3 Å². The maximum Gasteiger partial charge on any atom is 0.341 e. The molecular formula is C15H23NO3. The van der Waals surface area contributed by atoms with Gasteiger partial charge in [-0.2, -0.15) is 0 Å². The largest absolute Gasteiger partial charge is 0.477 e. The van der Waals surface area contributed by atoms with Gasteiger partial charge in [-0.25, -0.2) is 4.79 Å². The van der Waals surface area contributed by atoms with Crippen LogP contribution in [0, 0.1) is 0 Å². The number of aromatic carboxylic acids is 1. The van der Waals surface area contributed by atoms with E-state index < -0.39 is 11.5 Å². The van der Waals surface area contributed by atoms with Gasteiger partial charge in [0.2, 0.25) is 0 Å². The quantitative estimate of drug-likeness (QED) is 0.859. The molecule has 1 aliphatic rings. The lowest BCUT2D eigenvalue weighted by Gasteiger charge is -2.21. The van der Waals surface area contributed by atoms with Crippen molar-refractivity contribution in [1.29, 1.82) is 0 Å². The third-order valence-electron chi connectivity index (χ3n) is 3.21. The van der Waals surface area contributed by atoms with Crippen molar-refractivity contribution in [2.75, 3.05) is 0 Å². The van der Waals surface area contributed by atoms with Crippen molar-refractivity contribution in [3.8, 4) is 0 Å². The smallest absolute Gasteiger partial charge is 0.341 e. The van der Waals surface area contributed by atoms with Crippen LogP contribution in [0.3, 0.4) is 0 Å². The third kappa shape index (κ3) is 4.54. The predicted molar refractivity (Wildman–Crippen MR) is 75.8 cm³/mol. The average Bonchev–Trinajstić information content (AvgIpc) is 2.40. The maximum absolute atomic E-state index is 11.5. The fourth-order valence-electron chi connectivity index (χ4n) is 2.31. The van der Waals surface area contributed by atoms with Crippen LogP contribution in [0.1, 0.15) is 74.3 Å². The van der Waals surface area contributed by atoms with Crippen molar-refractivity contribution < 1.29 is 9.90 Å². The molecule has 0 radical (unpaired) electrons. The molecule has 19 heavy (non-hydrogen) atoms. The molecule has 4 nitrogen and oxygen atoms in total. The second kappa shape index (κ2) is 7.77. The monoisotopic (exact) mass is 265 g/mol. The first kappa shape index (κ1) is 15.5. The van der Waals surface area contributed by atoms with E-state index in [1.807, 2.05) is 0 Å². The van der Waals surface area contributed by atoms with Gasteiger partial charge in [-0.15, -0.1) is 0 Å². The molecule has 1 aromatic rings. The third-order valence-corrected chi connectivity index (χ3v) is 3.21. The molecule has 2 rings (SSSR count). The Morgan fingerprint density at radius 1 is 1.26 bits per heavy atom. The normalized spacial score (nSPS) is 15.5. The molecule has 1 aliphatic carbocycles. The Balaban J connectivity index is 0.000000550. The summed E-state index contributed by atoms with van der Waals surface area (Å²) in [5.74, 6) is -0.777. The Hall–Kier alpha value is -1.58. The topological polar surface area (TPSA) is 70.2 Å². The zero-order chi connectivity index (χ0) is 14.3. The molecule has 0 spiro atoms. The van der Waals surface area contributed by atoms with E-state index in [0.29, 0.717) is 5.92 Å². The van der Waals surface area contributed by atoms with Crippen LogP contribution in [0.2, 0.25) is 0 Å². The Morgan fingerprint density at radius 3 is 2.32 bits per heavy atom. The summed E-state index contributed by atoms with van der Waals surface area (Å²) in [5, 5.41) is 8.75. The molecule has 0 unspecified atom stereocenters. The van der Waals surface area contributed by atoms with Crippen molar-refractivity contribution in [1.82, 2.24) is 4.98 Å². The fourth-order valence-corrected chi connectivity index (χ4v) is 2.31. The molecule has 1 saturated carbocycles. The molecular weight excluding hydrogens is 242 g/mol. The molecule has 0 atom stereocenters. The summed E-state index contributed by atoms with van der Waals surface area (Å²) in [6.45, 7) is 4.25. The highest BCUT2D eigenvalue weighted by Gasteiger charge is 2.17. The zero-order valence-electron chi connectivity index (χ0n) is 11.7. The number of hydrogen-bond acceptors (Lipinski definition) is 2. The van der Waals surface area contributed by atoms with Crippen molar-refractivity contribution in [2.24, 2.45) is 0 Å². The number of carboxylic acid groups (broad SMARTS) is 1. The number of hydrogen-bond donors (Lipinski definition) is 2. The van der Waals surface area contributed by atoms with Gasteiger partial charge in [-0.05, 0) is 30.9 Å². The van der Waals surface area contributed by atoms with Gasteiger partial charge < -0.3 is 10.1 Å². The molecule has 106 valence electrons. The molecule has 4 heteroatoms. The summed E-state index contributed by atoms with van der Waals surface area (Å²) in [5.41, 5.74) is 0.213. The van der Waals surface area contributed by atoms with Gasteiger partial charge in [0.1, 0.15) is 5.56 Å². The van der Waals surface area contributed by atoms with Crippen molar-refractivity contribution in [3.05, 3.63) is 33.7 Å². The molecule has 0 aromatic carbocycles. The highest BCUT2D eigenvalue weighted by Crippen LogP contribution is 2.30. The number of nitrogens with one attached hydrogen (secondary N) is 1. The average molecular weight is 265 g/mol. The van der Waals surface area contributed by atoms with Crippen LogP contribution < -0.4 is 5.56 Å². The molecule has 1 heterocycles. The second-order valence-corrected chi connectivity index (χ2v) is 5.00. The van der Waals surface area contributed by atoms with E-state index in [-0.39, 0.29) is 5.56 Å². The van der Waals surface area contributed by atoms with E-state index in [1.165, 1.54) is 31.7 Å². The minimum Gasteiger partial charge on any atom is -0.477 e. The minimum atomic E-state index is -1.17. The van der Waals surface area contributed by atoms with E-state index in [1.54, 1.807) is 6.07 Å². The summed E-state index contributed by atoms with van der Waals surface area (Å²) < 4.78 is 0. The summed E-state index contributed by atoms with van der Waals surface area (Å²) in [6, 6.07) is 3.14. The summed E-state index contributed by atoms with van der Waals surface area (Å²) in [6.07, 6.45) is 7.05. The standard InChI is InChI=1S/C12H15NO3.C3H8/c14-11-9(12(15)16)6-7-10(13-11)8-4-2-1-3-5-8;1-3-2/h6-8H,1-5H2,(H,13,14)(H,15,16);3H2,1-2H3. The van der Waals surface area contributed by atoms with E-state index in [4.69, 9.17) is 5.11 Å². The van der Waals surface area contributed by atoms with Gasteiger partial charge in [-0.3, -0.25) is 4.79 Å². The van der Waals surface area contributed by atoms with Gasteiger partial charge in [-0.1, -0.05) is 39.5 Å². The molecule has 1 fully saturated rings. The number of aromatic amines is 1. The fraction of sp³-hybridized carbons (Fsp3) is 0.600. The molecule has 0 saturated heterocycles. The molecule has 1 aromatic heterocycles. The van der Waals surface area contributed by atoms with E-state index in [9.17, 15) is 9.59 Å². The van der Waals surface area contributed by atoms with E-state index in [2.05, 4.69) is 18.8 Å². The first-order chi connectivity index (χ1) is 9.10. The lowest BCUT2D eigenvalue weighted by atomic mass is 9.86. The van der Waals surface area contributed by atoms with Gasteiger partial charge in [0.25, 0.3) is 5.56 Å². The number of rotatable bonds is 2. The Morgan fingerprint density at radius 2 is 1.84 bits per heavy atom. The van der Waals surface area contributed by atoms with Crippen LogP contribution in [0.15, 0.2) is 16.9 Å². The van der Waals surface area contributed by atoms with Crippen LogP contribution in [-0.2, 0) is 0 Å². The zero-order valence-corrected chi connectivity index (χ0v) is 11.7. The summed E-state index contributed by atoms with van der Waals surface area (Å²) in [7, 11) is 0. The van der Waals surface area contributed by atoms with Crippen LogP contribution in [0.25, 0.3) is 0 Å². The summed E-state index contributed by atoms with van der Waals surface area (Å²) >= 11 is 0. The molecule has 0 aliphatic heterocycles. The number of carboxylic acids is 1. The van der Waals surface area contributed by atoms with Crippen molar-refractivity contribution >= 4 is 5.97 Å². The number of pyridine rings is 1. The molecule has 0 amide bonds. The van der Waals surface area contributed by atoms with Crippen LogP contribution in [0.5, 0.6) is 0 Å². The van der Waals surface area contributed by atoms with Crippen LogP contribution >= 0.6 is 0 Å². The van der Waals surface area contributed by atoms with Crippen molar-refractivity contribution in [3.63, 3.8) is 0 Å².